The molecule has 2 rings (SSSR count). The van der Waals surface area contributed by atoms with Gasteiger partial charge in [0.1, 0.15) is 6.61 Å². The molecule has 0 unspecified atom stereocenters. The second-order valence-electron chi connectivity index (χ2n) is 4.57. The molecule has 1 heterocycles. The van der Waals surface area contributed by atoms with E-state index in [2.05, 4.69) is 5.32 Å². The highest BCUT2D eigenvalue weighted by atomic mass is 16.5. The maximum atomic E-state index is 11.6. The molecule has 1 saturated heterocycles. The van der Waals surface area contributed by atoms with Gasteiger partial charge in [-0.15, -0.1) is 0 Å². The smallest absolute Gasteiger partial charge is 0.408 e. The number of alkyl carbamates (subject to hydrolysis) is 1. The van der Waals surface area contributed by atoms with Crippen LogP contribution in [0, 0.1) is 0 Å². The standard InChI is InChI=1S/C14H17NO5/c16-13(17)12(11-7-4-8-19-11)15-14(18)20-9-10-5-2-1-3-6-10/h1-3,5-6,11-12H,4,7-9H2,(H,15,18)(H,16,17)/t11-,12+/m0/s1. The highest BCUT2D eigenvalue weighted by molar-refractivity contribution is 5.80. The fraction of sp³-hybridized carbons (Fsp3) is 0.429. The molecule has 20 heavy (non-hydrogen) atoms. The fourth-order valence-corrected chi connectivity index (χ4v) is 2.07. The van der Waals surface area contributed by atoms with Crippen LogP contribution in [0.2, 0.25) is 0 Å². The topological polar surface area (TPSA) is 84.9 Å². The fourth-order valence-electron chi connectivity index (χ4n) is 2.07. The van der Waals surface area contributed by atoms with E-state index in [9.17, 15) is 9.59 Å². The Labute approximate surface area is 116 Å². The third-order valence-electron chi connectivity index (χ3n) is 3.09. The molecule has 2 atom stereocenters. The Kier molecular flexibility index (Phi) is 4.95. The minimum Gasteiger partial charge on any atom is -0.480 e. The number of rotatable bonds is 5. The van der Waals surface area contributed by atoms with Crippen molar-refractivity contribution in [3.8, 4) is 0 Å². The van der Waals surface area contributed by atoms with E-state index in [-0.39, 0.29) is 6.61 Å². The second kappa shape index (κ2) is 6.91. The number of hydrogen-bond donors (Lipinski definition) is 2. The summed E-state index contributed by atoms with van der Waals surface area (Å²) < 4.78 is 10.3. The molecular formula is C14H17NO5. The van der Waals surface area contributed by atoms with E-state index < -0.39 is 24.2 Å². The van der Waals surface area contributed by atoms with Gasteiger partial charge < -0.3 is 19.9 Å². The van der Waals surface area contributed by atoms with Crippen molar-refractivity contribution in [3.05, 3.63) is 35.9 Å². The van der Waals surface area contributed by atoms with E-state index in [1.807, 2.05) is 30.3 Å². The Morgan fingerprint density at radius 2 is 2.15 bits per heavy atom. The minimum atomic E-state index is -1.12. The quantitative estimate of drug-likeness (QED) is 0.854. The summed E-state index contributed by atoms with van der Waals surface area (Å²) in [5.74, 6) is -1.12. The lowest BCUT2D eigenvalue weighted by Gasteiger charge is -2.19. The third kappa shape index (κ3) is 3.96. The van der Waals surface area contributed by atoms with Gasteiger partial charge in [0.25, 0.3) is 0 Å². The van der Waals surface area contributed by atoms with Crippen molar-refractivity contribution in [2.75, 3.05) is 6.61 Å². The number of nitrogens with one attached hydrogen (secondary N) is 1. The molecule has 0 saturated carbocycles. The van der Waals surface area contributed by atoms with Gasteiger partial charge >= 0.3 is 12.1 Å². The molecule has 108 valence electrons. The van der Waals surface area contributed by atoms with Crippen LogP contribution in [0.25, 0.3) is 0 Å². The number of carboxylic acids is 1. The largest absolute Gasteiger partial charge is 0.480 e. The lowest BCUT2D eigenvalue weighted by atomic mass is 10.1. The Hall–Kier alpha value is -2.08. The van der Waals surface area contributed by atoms with Crippen LogP contribution in [0.5, 0.6) is 0 Å². The number of amides is 1. The average Bonchev–Trinajstić information content (AvgIpc) is 2.97. The van der Waals surface area contributed by atoms with Crippen LogP contribution in [0.1, 0.15) is 18.4 Å². The molecular weight excluding hydrogens is 262 g/mol. The second-order valence-corrected chi connectivity index (χ2v) is 4.57. The maximum absolute atomic E-state index is 11.6. The lowest BCUT2D eigenvalue weighted by molar-refractivity contribution is -0.142. The normalized spacial score (nSPS) is 19.3. The van der Waals surface area contributed by atoms with Gasteiger partial charge in [-0.1, -0.05) is 30.3 Å². The predicted octanol–water partition coefficient (Wildman–Crippen LogP) is 1.54. The molecule has 6 heteroatoms. The summed E-state index contributed by atoms with van der Waals surface area (Å²) in [7, 11) is 0. The van der Waals surface area contributed by atoms with Crippen molar-refractivity contribution in [3.63, 3.8) is 0 Å². The van der Waals surface area contributed by atoms with E-state index in [0.29, 0.717) is 13.0 Å². The summed E-state index contributed by atoms with van der Waals surface area (Å²) in [6.07, 6.45) is 0.180. The van der Waals surface area contributed by atoms with Crippen LogP contribution in [0.4, 0.5) is 4.79 Å². The van der Waals surface area contributed by atoms with Gasteiger partial charge in [0.15, 0.2) is 6.04 Å². The van der Waals surface area contributed by atoms with Crippen LogP contribution < -0.4 is 5.32 Å². The number of ether oxygens (including phenoxy) is 2. The van der Waals surface area contributed by atoms with Gasteiger partial charge in [-0.05, 0) is 18.4 Å². The summed E-state index contributed by atoms with van der Waals surface area (Å²) >= 11 is 0. The average molecular weight is 279 g/mol. The Morgan fingerprint density at radius 1 is 1.40 bits per heavy atom. The molecule has 1 aliphatic heterocycles. The van der Waals surface area contributed by atoms with Crippen molar-refractivity contribution >= 4 is 12.1 Å². The number of carbonyl (C=O) groups excluding carboxylic acids is 1. The van der Waals surface area contributed by atoms with Crippen molar-refractivity contribution in [2.45, 2.75) is 31.6 Å². The van der Waals surface area contributed by atoms with Gasteiger partial charge in [-0.2, -0.15) is 0 Å². The highest BCUT2D eigenvalue weighted by Gasteiger charge is 2.33. The van der Waals surface area contributed by atoms with Gasteiger partial charge in [0, 0.05) is 6.61 Å². The molecule has 2 N–H and O–H groups in total. The summed E-state index contributed by atoms with van der Waals surface area (Å²) in [5.41, 5.74) is 0.839. The number of aliphatic carboxylic acids is 1. The van der Waals surface area contributed by atoms with Gasteiger partial charge in [-0.3, -0.25) is 0 Å². The summed E-state index contributed by atoms with van der Waals surface area (Å²) in [5, 5.41) is 11.5. The zero-order chi connectivity index (χ0) is 14.4. The van der Waals surface area contributed by atoms with Gasteiger partial charge in [-0.25, -0.2) is 9.59 Å². The molecule has 1 aliphatic rings. The molecule has 0 radical (unpaired) electrons. The summed E-state index contributed by atoms with van der Waals surface area (Å²) in [4.78, 5) is 22.8. The molecule has 0 bridgehead atoms. The lowest BCUT2D eigenvalue weighted by Crippen LogP contribution is -2.48. The monoisotopic (exact) mass is 279 g/mol. The van der Waals surface area contributed by atoms with Crippen molar-refractivity contribution in [2.24, 2.45) is 0 Å². The van der Waals surface area contributed by atoms with Crippen molar-refractivity contribution in [1.82, 2.24) is 5.32 Å². The first-order valence-electron chi connectivity index (χ1n) is 6.48. The molecule has 1 amide bonds. The Bertz CT molecular complexity index is 456. The van der Waals surface area contributed by atoms with Crippen LogP contribution in [-0.4, -0.2) is 35.9 Å². The minimum absolute atomic E-state index is 0.102. The van der Waals surface area contributed by atoms with Crippen molar-refractivity contribution in [1.29, 1.82) is 0 Å². The van der Waals surface area contributed by atoms with Gasteiger partial charge in [0.2, 0.25) is 0 Å². The van der Waals surface area contributed by atoms with E-state index in [4.69, 9.17) is 14.6 Å². The molecule has 1 fully saturated rings. The molecule has 0 spiro atoms. The number of carboxylic acid groups (broad SMARTS) is 1. The van der Waals surface area contributed by atoms with E-state index in [0.717, 1.165) is 12.0 Å². The first kappa shape index (κ1) is 14.3. The zero-order valence-corrected chi connectivity index (χ0v) is 11.0. The maximum Gasteiger partial charge on any atom is 0.408 e. The first-order valence-corrected chi connectivity index (χ1v) is 6.48. The summed E-state index contributed by atoms with van der Waals surface area (Å²) in [6, 6.07) is 8.11. The van der Waals surface area contributed by atoms with Crippen LogP contribution >= 0.6 is 0 Å². The zero-order valence-electron chi connectivity index (χ0n) is 11.0. The van der Waals surface area contributed by atoms with E-state index in [1.54, 1.807) is 0 Å². The highest BCUT2D eigenvalue weighted by Crippen LogP contribution is 2.16. The predicted molar refractivity (Wildman–Crippen MR) is 70.2 cm³/mol. The number of carbonyl (C=O) groups is 2. The SMILES string of the molecule is O=C(N[C@@H](C(=O)O)[C@@H]1CCCO1)OCc1ccccc1. The number of hydrogen-bond acceptors (Lipinski definition) is 4. The Balaban J connectivity index is 1.84. The third-order valence-corrected chi connectivity index (χ3v) is 3.09. The first-order chi connectivity index (χ1) is 9.66. The van der Waals surface area contributed by atoms with Crippen LogP contribution in [-0.2, 0) is 20.9 Å². The molecule has 1 aromatic rings. The Morgan fingerprint density at radius 3 is 2.75 bits per heavy atom. The number of benzene rings is 1. The molecule has 1 aromatic carbocycles. The van der Waals surface area contributed by atoms with E-state index >= 15 is 0 Å². The molecule has 0 aromatic heterocycles. The molecule has 6 nitrogen and oxygen atoms in total. The van der Waals surface area contributed by atoms with Crippen molar-refractivity contribution < 1.29 is 24.2 Å². The van der Waals surface area contributed by atoms with Crippen LogP contribution in [0.15, 0.2) is 30.3 Å². The van der Waals surface area contributed by atoms with Gasteiger partial charge in [0.05, 0.1) is 6.10 Å². The molecule has 0 aliphatic carbocycles. The summed E-state index contributed by atoms with van der Waals surface area (Å²) in [6.45, 7) is 0.625. The van der Waals surface area contributed by atoms with E-state index in [1.165, 1.54) is 0 Å². The van der Waals surface area contributed by atoms with Crippen LogP contribution in [0.3, 0.4) is 0 Å².